The van der Waals surface area contributed by atoms with Gasteiger partial charge in [0.15, 0.2) is 0 Å². The molecule has 2 rings (SSSR count). The zero-order valence-corrected chi connectivity index (χ0v) is 17.2. The van der Waals surface area contributed by atoms with E-state index < -0.39 is 15.7 Å². The van der Waals surface area contributed by atoms with Crippen molar-refractivity contribution in [3.63, 3.8) is 0 Å². The van der Waals surface area contributed by atoms with Gasteiger partial charge >= 0.3 is 0 Å². The Bertz CT molecular complexity index is 1020. The molecule has 0 atom stereocenters. The summed E-state index contributed by atoms with van der Waals surface area (Å²) in [7, 11) is 0.295. The Morgan fingerprint density at radius 1 is 1.38 bits per heavy atom. The van der Waals surface area contributed by atoms with E-state index in [1.165, 1.54) is 6.08 Å². The van der Waals surface area contributed by atoms with Crippen molar-refractivity contribution in [1.29, 1.82) is 5.26 Å². The van der Waals surface area contributed by atoms with Crippen LogP contribution in [0.4, 0.5) is 10.8 Å². The number of aromatic nitrogens is 2. The van der Waals surface area contributed by atoms with Crippen molar-refractivity contribution < 1.29 is 13.2 Å². The number of carbonyl (C=O) groups is 1. The Morgan fingerprint density at radius 3 is 2.58 bits per heavy atom. The van der Waals surface area contributed by atoms with E-state index >= 15 is 0 Å². The van der Waals surface area contributed by atoms with E-state index in [2.05, 4.69) is 31.4 Å². The number of hydrogen-bond acceptors (Lipinski definition) is 8. The zero-order chi connectivity index (χ0) is 19.5. The summed E-state index contributed by atoms with van der Waals surface area (Å²) in [5.41, 5.74) is 1.46. The van der Waals surface area contributed by atoms with Crippen LogP contribution in [0.25, 0.3) is 6.08 Å². The minimum Gasteiger partial charge on any atom is -0.377 e. The van der Waals surface area contributed by atoms with Gasteiger partial charge in [-0.2, -0.15) is 5.26 Å². The number of benzene rings is 1. The molecule has 1 amide bonds. The van der Waals surface area contributed by atoms with E-state index in [0.717, 1.165) is 27.8 Å². The first-order valence-electron chi connectivity index (χ1n) is 7.05. The molecule has 0 fully saturated rings. The number of carbonyl (C=O) groups excluding carboxylic acids is 1. The molecule has 0 radical (unpaired) electrons. The summed E-state index contributed by atoms with van der Waals surface area (Å²) in [6.45, 7) is 0. The molecule has 11 heteroatoms. The Morgan fingerprint density at radius 2 is 2.08 bits per heavy atom. The number of anilines is 2. The lowest BCUT2D eigenvalue weighted by molar-refractivity contribution is -0.112. The van der Waals surface area contributed by atoms with Crippen LogP contribution in [0.1, 0.15) is 5.56 Å². The summed E-state index contributed by atoms with van der Waals surface area (Å²) in [5, 5.41) is 18.7. The molecule has 0 aliphatic carbocycles. The maximum Gasteiger partial charge on any atom is 0.268 e. The Labute approximate surface area is 163 Å². The van der Waals surface area contributed by atoms with Gasteiger partial charge in [-0.1, -0.05) is 17.4 Å². The molecular weight excluding hydrogens is 442 g/mol. The maximum atomic E-state index is 12.2. The third-order valence-corrected chi connectivity index (χ3v) is 6.22. The van der Waals surface area contributed by atoms with Crippen molar-refractivity contribution in [2.45, 2.75) is 4.34 Å². The van der Waals surface area contributed by atoms with Gasteiger partial charge in [-0.15, -0.1) is 10.2 Å². The number of rotatable bonds is 5. The van der Waals surface area contributed by atoms with Crippen LogP contribution in [0.3, 0.4) is 0 Å². The summed E-state index contributed by atoms with van der Waals surface area (Å²) in [5.74, 6) is -0.698. The van der Waals surface area contributed by atoms with E-state index in [4.69, 9.17) is 0 Å². The van der Waals surface area contributed by atoms with Crippen molar-refractivity contribution in [2.24, 2.45) is 0 Å². The molecule has 136 valence electrons. The van der Waals surface area contributed by atoms with Crippen LogP contribution < -0.4 is 10.2 Å². The van der Waals surface area contributed by atoms with Gasteiger partial charge < -0.3 is 4.90 Å². The molecule has 1 heterocycles. The zero-order valence-electron chi connectivity index (χ0n) is 14.0. The molecular formula is C15H14BrN5O3S2. The molecule has 1 aromatic carbocycles. The summed E-state index contributed by atoms with van der Waals surface area (Å²) >= 11 is 4.16. The van der Waals surface area contributed by atoms with Crippen molar-refractivity contribution in [3.05, 3.63) is 33.8 Å². The van der Waals surface area contributed by atoms with E-state index in [1.807, 2.05) is 31.1 Å². The highest BCUT2D eigenvalue weighted by atomic mass is 79.9. The van der Waals surface area contributed by atoms with Gasteiger partial charge in [0.05, 0.1) is 5.69 Å². The number of nitrogens with zero attached hydrogens (tertiary/aromatic N) is 4. The third-order valence-electron chi connectivity index (χ3n) is 3.07. The van der Waals surface area contributed by atoms with Gasteiger partial charge in [0, 0.05) is 24.8 Å². The summed E-state index contributed by atoms with van der Waals surface area (Å²) < 4.78 is 23.4. The van der Waals surface area contributed by atoms with Crippen LogP contribution in [0.2, 0.25) is 0 Å². The minimum absolute atomic E-state index is 0.000659. The second-order valence-corrected chi connectivity index (χ2v) is 9.40. The van der Waals surface area contributed by atoms with Gasteiger partial charge in [0.1, 0.15) is 11.6 Å². The number of sulfone groups is 1. The molecule has 0 saturated heterocycles. The predicted molar refractivity (Wildman–Crippen MR) is 104 cm³/mol. The molecule has 1 aromatic heterocycles. The molecule has 2 aromatic rings. The van der Waals surface area contributed by atoms with Crippen LogP contribution in [0, 0.1) is 11.3 Å². The molecule has 0 aliphatic heterocycles. The molecule has 0 unspecified atom stereocenters. The van der Waals surface area contributed by atoms with E-state index in [1.54, 1.807) is 12.1 Å². The van der Waals surface area contributed by atoms with Gasteiger partial charge in [0.2, 0.25) is 19.3 Å². The van der Waals surface area contributed by atoms with Crippen LogP contribution >= 0.6 is 27.3 Å². The van der Waals surface area contributed by atoms with Gasteiger partial charge in [-0.05, 0) is 39.7 Å². The Balaban J connectivity index is 2.23. The maximum absolute atomic E-state index is 12.2. The first kappa shape index (κ1) is 20.0. The van der Waals surface area contributed by atoms with Gasteiger partial charge in [0.25, 0.3) is 5.91 Å². The van der Waals surface area contributed by atoms with E-state index in [-0.39, 0.29) is 15.0 Å². The number of hydrogen-bond donors (Lipinski definition) is 1. The van der Waals surface area contributed by atoms with Gasteiger partial charge in [-0.3, -0.25) is 10.1 Å². The fourth-order valence-electron chi connectivity index (χ4n) is 1.87. The monoisotopic (exact) mass is 455 g/mol. The standard InChI is InChI=1S/C15H14BrN5O3S2/c1-21(2)12-5-4-9(7-11(12)16)6-10(8-17)13(22)18-14-19-20-15(25-14)26(3,23)24/h4-7H,1-3H3,(H,18,19,22)/b10-6-. The number of nitrogens with one attached hydrogen (secondary N) is 1. The first-order valence-corrected chi connectivity index (χ1v) is 10.6. The summed E-state index contributed by atoms with van der Waals surface area (Å²) in [4.78, 5) is 14.2. The van der Waals surface area contributed by atoms with Crippen molar-refractivity contribution in [1.82, 2.24) is 10.2 Å². The molecule has 26 heavy (non-hydrogen) atoms. The van der Waals surface area contributed by atoms with Crippen molar-refractivity contribution in [3.8, 4) is 6.07 Å². The first-order chi connectivity index (χ1) is 12.1. The normalized spacial score (nSPS) is 11.7. The number of nitriles is 1. The van der Waals surface area contributed by atoms with Crippen LogP contribution in [-0.4, -0.2) is 44.9 Å². The lowest BCUT2D eigenvalue weighted by Gasteiger charge is -2.14. The van der Waals surface area contributed by atoms with Crippen LogP contribution in [0.5, 0.6) is 0 Å². The fourth-order valence-corrected chi connectivity index (χ4v) is 4.12. The average molecular weight is 456 g/mol. The average Bonchev–Trinajstić information content (AvgIpc) is 3.00. The number of amides is 1. The molecule has 0 bridgehead atoms. The number of halogens is 1. The highest BCUT2D eigenvalue weighted by Gasteiger charge is 2.17. The summed E-state index contributed by atoms with van der Waals surface area (Å²) in [6, 6.07) is 7.24. The predicted octanol–water partition coefficient (Wildman–Crippen LogP) is 2.32. The Kier molecular flexibility index (Phi) is 6.12. The fraction of sp³-hybridized carbons (Fsp3) is 0.200. The lowest BCUT2D eigenvalue weighted by Crippen LogP contribution is -2.13. The van der Waals surface area contributed by atoms with Crippen molar-refractivity contribution in [2.75, 3.05) is 30.6 Å². The van der Waals surface area contributed by atoms with E-state index in [0.29, 0.717) is 5.56 Å². The van der Waals surface area contributed by atoms with Crippen LogP contribution in [0.15, 0.2) is 32.6 Å². The van der Waals surface area contributed by atoms with Gasteiger partial charge in [-0.25, -0.2) is 8.42 Å². The smallest absolute Gasteiger partial charge is 0.268 e. The van der Waals surface area contributed by atoms with Crippen LogP contribution in [-0.2, 0) is 14.6 Å². The highest BCUT2D eigenvalue weighted by Crippen LogP contribution is 2.27. The second kappa shape index (κ2) is 7.94. The molecule has 0 saturated carbocycles. The minimum atomic E-state index is -3.50. The molecule has 8 nitrogen and oxygen atoms in total. The SMILES string of the molecule is CN(C)c1ccc(/C=C(/C#N)C(=O)Nc2nnc(S(C)(=O)=O)s2)cc1Br. The Hall–Kier alpha value is -2.29. The molecule has 1 N–H and O–H groups in total. The quantitative estimate of drug-likeness (QED) is 0.417. The van der Waals surface area contributed by atoms with E-state index in [9.17, 15) is 18.5 Å². The molecule has 0 aliphatic rings. The largest absolute Gasteiger partial charge is 0.377 e. The van der Waals surface area contributed by atoms with Crippen molar-refractivity contribution >= 4 is 59.9 Å². The highest BCUT2D eigenvalue weighted by molar-refractivity contribution is 9.10. The second-order valence-electron chi connectivity index (χ2n) is 5.37. The third kappa shape index (κ3) is 4.87. The lowest BCUT2D eigenvalue weighted by atomic mass is 10.1. The molecule has 0 spiro atoms. The summed E-state index contributed by atoms with van der Waals surface area (Å²) in [6.07, 6.45) is 2.42. The topological polar surface area (TPSA) is 116 Å².